The summed E-state index contributed by atoms with van der Waals surface area (Å²) in [5.74, 6) is 6.28. The second-order valence-electron chi connectivity index (χ2n) is 5.64. The van der Waals surface area contributed by atoms with Gasteiger partial charge in [0.15, 0.2) is 0 Å². The van der Waals surface area contributed by atoms with Crippen molar-refractivity contribution in [1.82, 2.24) is 10.3 Å². The number of morpholine rings is 1. The van der Waals surface area contributed by atoms with Gasteiger partial charge >= 0.3 is 0 Å². The molecule has 1 aromatic carbocycles. The molecule has 0 bridgehead atoms. The second-order valence-corrected chi connectivity index (χ2v) is 5.64. The van der Waals surface area contributed by atoms with Crippen LogP contribution in [0.25, 0.3) is 0 Å². The molecular weight excluding hydrogens is 238 g/mol. The van der Waals surface area contributed by atoms with Crippen LogP contribution >= 0.6 is 0 Å². The van der Waals surface area contributed by atoms with Crippen LogP contribution in [0.4, 0.5) is 0 Å². The van der Waals surface area contributed by atoms with Crippen LogP contribution in [0, 0.1) is 0 Å². The van der Waals surface area contributed by atoms with Gasteiger partial charge in [-0.2, -0.15) is 0 Å². The summed E-state index contributed by atoms with van der Waals surface area (Å²) in [6.45, 7) is 7.06. The van der Waals surface area contributed by atoms with Crippen LogP contribution in [0.1, 0.15) is 36.9 Å². The van der Waals surface area contributed by atoms with E-state index in [1.165, 1.54) is 11.1 Å². The Morgan fingerprint density at radius 1 is 1.26 bits per heavy atom. The van der Waals surface area contributed by atoms with Crippen LogP contribution in [0.3, 0.4) is 0 Å². The van der Waals surface area contributed by atoms with Gasteiger partial charge in [0.05, 0.1) is 18.8 Å². The summed E-state index contributed by atoms with van der Waals surface area (Å²) in [6.07, 6.45) is 0.105. The number of rotatable bonds is 4. The fraction of sp³-hybridized carbons (Fsp3) is 0.600. The van der Waals surface area contributed by atoms with Gasteiger partial charge in [0.2, 0.25) is 0 Å². The second kappa shape index (κ2) is 6.48. The molecule has 3 N–H and O–H groups in total. The first-order chi connectivity index (χ1) is 9.11. The number of ether oxygens (including phenoxy) is 1. The molecule has 0 saturated carbocycles. The van der Waals surface area contributed by atoms with Crippen molar-refractivity contribution < 1.29 is 4.74 Å². The Balaban J connectivity index is 2.12. The molecular formula is C15H25N3O. The monoisotopic (exact) mass is 263 g/mol. The predicted molar refractivity (Wildman–Crippen MR) is 77.8 cm³/mol. The van der Waals surface area contributed by atoms with E-state index in [4.69, 9.17) is 10.6 Å². The van der Waals surface area contributed by atoms with Crippen molar-refractivity contribution in [1.29, 1.82) is 0 Å². The van der Waals surface area contributed by atoms with E-state index in [0.29, 0.717) is 5.92 Å². The molecule has 2 atom stereocenters. The highest BCUT2D eigenvalue weighted by atomic mass is 16.5. The third-order valence-corrected chi connectivity index (χ3v) is 3.81. The van der Waals surface area contributed by atoms with Crippen LogP contribution in [0.15, 0.2) is 24.3 Å². The molecule has 19 heavy (non-hydrogen) atoms. The Bertz CT molecular complexity index is 391. The summed E-state index contributed by atoms with van der Waals surface area (Å²) in [7, 11) is 2.12. The summed E-state index contributed by atoms with van der Waals surface area (Å²) in [4.78, 5) is 2.28. The van der Waals surface area contributed by atoms with Crippen molar-refractivity contribution in [2.75, 3.05) is 26.7 Å². The van der Waals surface area contributed by atoms with Crippen molar-refractivity contribution in [2.24, 2.45) is 5.84 Å². The molecule has 0 aliphatic carbocycles. The zero-order chi connectivity index (χ0) is 13.8. The van der Waals surface area contributed by atoms with Crippen molar-refractivity contribution in [3.05, 3.63) is 35.4 Å². The van der Waals surface area contributed by atoms with Gasteiger partial charge in [-0.1, -0.05) is 38.1 Å². The van der Waals surface area contributed by atoms with Gasteiger partial charge in [-0.3, -0.25) is 11.3 Å². The van der Waals surface area contributed by atoms with Crippen LogP contribution in [0.5, 0.6) is 0 Å². The minimum Gasteiger partial charge on any atom is -0.374 e. The normalized spacial score (nSPS) is 22.7. The van der Waals surface area contributed by atoms with Crippen molar-refractivity contribution in [3.63, 3.8) is 0 Å². The van der Waals surface area contributed by atoms with E-state index >= 15 is 0 Å². The first-order valence-corrected chi connectivity index (χ1v) is 6.98. The van der Waals surface area contributed by atoms with Gasteiger partial charge in [0, 0.05) is 13.1 Å². The Labute approximate surface area is 115 Å². The highest BCUT2D eigenvalue weighted by molar-refractivity contribution is 5.27. The molecule has 1 aromatic rings. The molecule has 4 heteroatoms. The van der Waals surface area contributed by atoms with E-state index in [2.05, 4.69) is 55.5 Å². The van der Waals surface area contributed by atoms with Crippen molar-refractivity contribution in [3.8, 4) is 0 Å². The average molecular weight is 263 g/mol. The smallest absolute Gasteiger partial charge is 0.0909 e. The predicted octanol–water partition coefficient (Wildman–Crippen LogP) is 1.65. The maximum atomic E-state index is 5.85. The average Bonchev–Trinajstić information content (AvgIpc) is 2.40. The first-order valence-electron chi connectivity index (χ1n) is 6.98. The molecule has 2 unspecified atom stereocenters. The maximum absolute atomic E-state index is 5.85. The molecule has 0 aromatic heterocycles. The first kappa shape index (κ1) is 14.5. The Kier molecular flexibility index (Phi) is 4.93. The zero-order valence-electron chi connectivity index (χ0n) is 12.1. The van der Waals surface area contributed by atoms with Crippen molar-refractivity contribution >= 4 is 0 Å². The highest BCUT2D eigenvalue weighted by Gasteiger charge is 2.27. The highest BCUT2D eigenvalue weighted by Crippen LogP contribution is 2.23. The van der Waals surface area contributed by atoms with Crippen molar-refractivity contribution in [2.45, 2.75) is 31.9 Å². The molecule has 1 heterocycles. The fourth-order valence-corrected chi connectivity index (χ4v) is 2.52. The van der Waals surface area contributed by atoms with E-state index in [-0.39, 0.29) is 12.1 Å². The van der Waals surface area contributed by atoms with Gasteiger partial charge in [0.1, 0.15) is 0 Å². The lowest BCUT2D eigenvalue weighted by atomic mass is 9.96. The van der Waals surface area contributed by atoms with Gasteiger partial charge in [0.25, 0.3) is 0 Å². The number of nitrogens with zero attached hydrogens (tertiary/aromatic N) is 1. The number of hydrogen-bond acceptors (Lipinski definition) is 4. The summed E-state index contributed by atoms with van der Waals surface area (Å²) in [5.41, 5.74) is 5.44. The SMILES string of the molecule is CC(C)c1ccc(C(NN)C2CN(C)CCO2)cc1. The van der Waals surface area contributed by atoms with E-state index in [0.717, 1.165) is 19.7 Å². The summed E-state index contributed by atoms with van der Waals surface area (Å²) in [6, 6.07) is 8.70. The van der Waals surface area contributed by atoms with E-state index < -0.39 is 0 Å². The Hall–Kier alpha value is -0.940. The summed E-state index contributed by atoms with van der Waals surface area (Å²) in [5, 5.41) is 0. The standard InChI is InChI=1S/C15H25N3O/c1-11(2)12-4-6-13(7-5-12)15(17-16)14-10-18(3)8-9-19-14/h4-7,11,14-15,17H,8-10,16H2,1-3H3. The third-order valence-electron chi connectivity index (χ3n) is 3.81. The number of nitrogens with one attached hydrogen (secondary N) is 1. The fourth-order valence-electron chi connectivity index (χ4n) is 2.52. The molecule has 1 saturated heterocycles. The van der Waals surface area contributed by atoms with Gasteiger partial charge in [-0.25, -0.2) is 0 Å². The minimum absolute atomic E-state index is 0.0453. The number of hydrazine groups is 1. The Morgan fingerprint density at radius 3 is 2.42 bits per heavy atom. The molecule has 0 amide bonds. The van der Waals surface area contributed by atoms with Crippen LogP contribution < -0.4 is 11.3 Å². The molecule has 1 aliphatic heterocycles. The number of likely N-dealkylation sites (N-methyl/N-ethyl adjacent to an activating group) is 1. The molecule has 1 aliphatic rings. The lowest BCUT2D eigenvalue weighted by Crippen LogP contribution is -2.48. The number of nitrogens with two attached hydrogens (primary N) is 1. The summed E-state index contributed by atoms with van der Waals surface area (Å²) < 4.78 is 5.85. The molecule has 2 rings (SSSR count). The molecule has 106 valence electrons. The molecule has 4 nitrogen and oxygen atoms in total. The summed E-state index contributed by atoms with van der Waals surface area (Å²) >= 11 is 0. The molecule has 0 radical (unpaired) electrons. The number of benzene rings is 1. The third kappa shape index (κ3) is 3.54. The van der Waals surface area contributed by atoms with E-state index in [9.17, 15) is 0 Å². The van der Waals surface area contributed by atoms with E-state index in [1.807, 2.05) is 0 Å². The van der Waals surface area contributed by atoms with Gasteiger partial charge < -0.3 is 9.64 Å². The van der Waals surface area contributed by atoms with Gasteiger partial charge in [-0.05, 0) is 24.1 Å². The lowest BCUT2D eigenvalue weighted by molar-refractivity contribution is -0.0393. The number of hydrogen-bond donors (Lipinski definition) is 2. The molecule has 0 spiro atoms. The zero-order valence-corrected chi connectivity index (χ0v) is 12.1. The van der Waals surface area contributed by atoms with Crippen LogP contribution in [-0.4, -0.2) is 37.7 Å². The van der Waals surface area contributed by atoms with Crippen LogP contribution in [0.2, 0.25) is 0 Å². The Morgan fingerprint density at radius 2 is 1.89 bits per heavy atom. The topological polar surface area (TPSA) is 50.5 Å². The molecule has 1 fully saturated rings. The largest absolute Gasteiger partial charge is 0.374 e. The minimum atomic E-state index is 0.0453. The van der Waals surface area contributed by atoms with Crippen LogP contribution in [-0.2, 0) is 4.74 Å². The van der Waals surface area contributed by atoms with E-state index in [1.54, 1.807) is 0 Å². The quantitative estimate of drug-likeness (QED) is 0.640. The maximum Gasteiger partial charge on any atom is 0.0909 e. The lowest BCUT2D eigenvalue weighted by Gasteiger charge is -2.35. The van der Waals surface area contributed by atoms with Gasteiger partial charge in [-0.15, -0.1) is 0 Å².